The smallest absolute Gasteiger partial charge is 0.307 e. The van der Waals surface area contributed by atoms with Crippen LogP contribution in [0.1, 0.15) is 17.0 Å². The van der Waals surface area contributed by atoms with Crippen LogP contribution in [-0.2, 0) is 11.8 Å². The molecule has 0 bridgehead atoms. The van der Waals surface area contributed by atoms with Gasteiger partial charge in [-0.25, -0.2) is 4.98 Å². The molecule has 4 aromatic rings. The number of carbonyl (C=O) groups is 1. The summed E-state index contributed by atoms with van der Waals surface area (Å²) in [6.07, 6.45) is 3.62. The number of thiazole rings is 1. The summed E-state index contributed by atoms with van der Waals surface area (Å²) in [6, 6.07) is 11.5. The highest BCUT2D eigenvalue weighted by molar-refractivity contribution is 7.19. The molecule has 0 amide bonds. The summed E-state index contributed by atoms with van der Waals surface area (Å²) in [5.41, 5.74) is 3.13. The topological polar surface area (TPSA) is 68.0 Å². The van der Waals surface area contributed by atoms with Crippen LogP contribution in [0.5, 0.6) is 0 Å². The second-order valence-corrected chi connectivity index (χ2v) is 8.68. The van der Waals surface area contributed by atoms with Crippen LogP contribution in [0, 0.1) is 0 Å². The quantitative estimate of drug-likeness (QED) is 0.472. The molecule has 0 unspecified atom stereocenters. The number of carboxylic acids is 1. The number of para-hydroxylation sites is 1. The van der Waals surface area contributed by atoms with Gasteiger partial charge in [0.1, 0.15) is 10.7 Å². The molecule has 0 radical (unpaired) electrons. The molecule has 0 saturated carbocycles. The number of hydrogen-bond acceptors (Lipinski definition) is 5. The molecule has 27 heavy (non-hydrogen) atoms. The van der Waals surface area contributed by atoms with Crippen molar-refractivity contribution < 1.29 is 9.90 Å². The zero-order valence-electron chi connectivity index (χ0n) is 14.2. The molecule has 1 aromatic carbocycles. The third kappa shape index (κ3) is 3.80. The van der Waals surface area contributed by atoms with Gasteiger partial charge in [0.05, 0.1) is 25.9 Å². The number of carboxylic acid groups (broad SMARTS) is 1. The van der Waals surface area contributed by atoms with E-state index in [1.807, 2.05) is 55.7 Å². The van der Waals surface area contributed by atoms with E-state index >= 15 is 0 Å². The number of halogens is 1. The number of nitrogens with zero attached hydrogens (tertiary/aromatic N) is 3. The maximum Gasteiger partial charge on any atom is 0.307 e. The molecule has 0 fully saturated rings. The van der Waals surface area contributed by atoms with Crippen molar-refractivity contribution in [2.45, 2.75) is 6.42 Å². The normalized spacial score (nSPS) is 12.0. The van der Waals surface area contributed by atoms with Gasteiger partial charge in [0, 0.05) is 18.8 Å². The SMILES string of the molecule is Cn1cc(/C=C(\CC(=O)O)c2nc3ccccc3s2)c(-c2ccc(Cl)s2)n1. The van der Waals surface area contributed by atoms with E-state index in [0.717, 1.165) is 26.4 Å². The highest BCUT2D eigenvalue weighted by atomic mass is 35.5. The van der Waals surface area contributed by atoms with Crippen molar-refractivity contribution in [3.05, 3.63) is 57.5 Å². The van der Waals surface area contributed by atoms with E-state index < -0.39 is 5.97 Å². The van der Waals surface area contributed by atoms with E-state index in [9.17, 15) is 9.90 Å². The van der Waals surface area contributed by atoms with E-state index in [1.54, 1.807) is 4.68 Å². The zero-order valence-corrected chi connectivity index (χ0v) is 16.6. The Hall–Kier alpha value is -2.48. The standard InChI is InChI=1S/C19H14ClN3O2S2/c1-23-10-12(18(22-23)15-6-7-16(20)26-15)8-11(9-17(24)25)19-21-13-4-2-3-5-14(13)27-19/h2-8,10H,9H2,1H3,(H,24,25)/b11-8+. The summed E-state index contributed by atoms with van der Waals surface area (Å²) in [4.78, 5) is 17.0. The lowest BCUT2D eigenvalue weighted by Crippen LogP contribution is -1.97. The molecular weight excluding hydrogens is 402 g/mol. The monoisotopic (exact) mass is 415 g/mol. The van der Waals surface area contributed by atoms with Gasteiger partial charge in [-0.1, -0.05) is 23.7 Å². The minimum atomic E-state index is -0.898. The number of fused-ring (bicyclic) bond motifs is 1. The summed E-state index contributed by atoms with van der Waals surface area (Å²) in [5, 5.41) is 14.6. The zero-order chi connectivity index (χ0) is 19.0. The molecule has 0 aliphatic rings. The average molecular weight is 416 g/mol. The van der Waals surface area contributed by atoms with E-state index in [2.05, 4.69) is 10.1 Å². The van der Waals surface area contributed by atoms with Gasteiger partial charge in [0.15, 0.2) is 0 Å². The predicted octanol–water partition coefficient (Wildman–Crippen LogP) is 5.43. The Labute approximate surface area is 168 Å². The number of hydrogen-bond donors (Lipinski definition) is 1. The molecule has 5 nitrogen and oxygen atoms in total. The largest absolute Gasteiger partial charge is 0.481 e. The maximum absolute atomic E-state index is 11.5. The molecule has 136 valence electrons. The van der Waals surface area contributed by atoms with Crippen LogP contribution >= 0.6 is 34.3 Å². The molecule has 0 aliphatic heterocycles. The highest BCUT2D eigenvalue weighted by Gasteiger charge is 2.16. The number of rotatable bonds is 5. The summed E-state index contributed by atoms with van der Waals surface area (Å²) in [6.45, 7) is 0. The molecule has 0 saturated heterocycles. The first-order valence-corrected chi connectivity index (χ1v) is 10.1. The fourth-order valence-corrected chi connectivity index (χ4v) is 4.82. The average Bonchev–Trinajstić information content (AvgIpc) is 3.31. The van der Waals surface area contributed by atoms with Crippen molar-refractivity contribution in [1.29, 1.82) is 0 Å². The van der Waals surface area contributed by atoms with Crippen molar-refractivity contribution >= 4 is 62.1 Å². The third-order valence-corrected chi connectivity index (χ3v) is 6.25. The Bertz CT molecular complexity index is 1140. The molecule has 3 heterocycles. The fourth-order valence-electron chi connectivity index (χ4n) is 2.79. The molecule has 0 spiro atoms. The summed E-state index contributed by atoms with van der Waals surface area (Å²) in [7, 11) is 1.84. The molecule has 8 heteroatoms. The Balaban J connectivity index is 1.83. The Morgan fingerprint density at radius 2 is 2.07 bits per heavy atom. The fraction of sp³-hybridized carbons (Fsp3) is 0.105. The molecule has 3 aromatic heterocycles. The number of aromatic nitrogens is 3. The van der Waals surface area contributed by atoms with Crippen molar-refractivity contribution in [2.24, 2.45) is 7.05 Å². The Morgan fingerprint density at radius 3 is 2.78 bits per heavy atom. The van der Waals surface area contributed by atoms with Gasteiger partial charge < -0.3 is 5.11 Å². The summed E-state index contributed by atoms with van der Waals surface area (Å²) in [5.74, 6) is -0.898. The first-order valence-electron chi connectivity index (χ1n) is 8.07. The van der Waals surface area contributed by atoms with E-state index in [1.165, 1.54) is 22.7 Å². The summed E-state index contributed by atoms with van der Waals surface area (Å²) >= 11 is 9.00. The maximum atomic E-state index is 11.5. The predicted molar refractivity (Wildman–Crippen MR) is 111 cm³/mol. The molecule has 0 atom stereocenters. The lowest BCUT2D eigenvalue weighted by Gasteiger charge is -2.01. The highest BCUT2D eigenvalue weighted by Crippen LogP contribution is 2.35. The van der Waals surface area contributed by atoms with E-state index in [-0.39, 0.29) is 6.42 Å². The van der Waals surface area contributed by atoms with Crippen LogP contribution in [0.3, 0.4) is 0 Å². The van der Waals surface area contributed by atoms with Crippen molar-refractivity contribution in [2.75, 3.05) is 0 Å². The minimum absolute atomic E-state index is 0.112. The molecule has 0 aliphatic carbocycles. The summed E-state index contributed by atoms with van der Waals surface area (Å²) < 4.78 is 3.42. The van der Waals surface area contributed by atoms with Crippen molar-refractivity contribution in [1.82, 2.24) is 14.8 Å². The second-order valence-electron chi connectivity index (χ2n) is 5.94. The number of benzene rings is 1. The Kier molecular flexibility index (Phi) is 4.82. The number of aryl methyl sites for hydroxylation is 1. The molecular formula is C19H14ClN3O2S2. The number of aliphatic carboxylic acids is 1. The van der Waals surface area contributed by atoms with Gasteiger partial charge in [-0.3, -0.25) is 9.48 Å². The first kappa shape index (κ1) is 17.9. The lowest BCUT2D eigenvalue weighted by atomic mass is 10.1. The van der Waals surface area contributed by atoms with Gasteiger partial charge in [0.25, 0.3) is 0 Å². The van der Waals surface area contributed by atoms with Gasteiger partial charge in [-0.2, -0.15) is 5.10 Å². The molecule has 4 rings (SSSR count). The molecule has 1 N–H and O–H groups in total. The van der Waals surface area contributed by atoms with Gasteiger partial charge in [0.2, 0.25) is 0 Å². The minimum Gasteiger partial charge on any atom is -0.481 e. The third-order valence-electron chi connectivity index (χ3n) is 3.90. The Morgan fingerprint density at radius 1 is 1.26 bits per heavy atom. The van der Waals surface area contributed by atoms with Gasteiger partial charge >= 0.3 is 5.97 Å². The number of thiophene rings is 1. The van der Waals surface area contributed by atoms with Crippen LogP contribution in [0.2, 0.25) is 4.34 Å². The first-order chi connectivity index (χ1) is 13.0. The van der Waals surface area contributed by atoms with Crippen LogP contribution < -0.4 is 0 Å². The van der Waals surface area contributed by atoms with Crippen LogP contribution in [-0.4, -0.2) is 25.8 Å². The van der Waals surface area contributed by atoms with Gasteiger partial charge in [-0.15, -0.1) is 22.7 Å². The van der Waals surface area contributed by atoms with Crippen molar-refractivity contribution in [3.8, 4) is 10.6 Å². The van der Waals surface area contributed by atoms with Gasteiger partial charge in [-0.05, 0) is 35.9 Å². The van der Waals surface area contributed by atoms with Crippen LogP contribution in [0.15, 0.2) is 42.6 Å². The lowest BCUT2D eigenvalue weighted by molar-refractivity contribution is -0.135. The van der Waals surface area contributed by atoms with E-state index in [4.69, 9.17) is 11.6 Å². The van der Waals surface area contributed by atoms with Crippen LogP contribution in [0.4, 0.5) is 0 Å². The second kappa shape index (κ2) is 7.26. The van der Waals surface area contributed by atoms with E-state index in [0.29, 0.717) is 14.9 Å². The van der Waals surface area contributed by atoms with Crippen molar-refractivity contribution in [3.63, 3.8) is 0 Å². The van der Waals surface area contributed by atoms with Crippen LogP contribution in [0.25, 0.3) is 32.4 Å².